The molecule has 0 aliphatic rings. The minimum absolute atomic E-state index is 0.0689. The van der Waals surface area contributed by atoms with Crippen LogP contribution in [0.1, 0.15) is 39.7 Å². The van der Waals surface area contributed by atoms with Gasteiger partial charge in [-0.05, 0) is 82.8 Å². The topological polar surface area (TPSA) is 178 Å². The second kappa shape index (κ2) is 18.2. The second-order valence-corrected chi connectivity index (χ2v) is 13.9. The summed E-state index contributed by atoms with van der Waals surface area (Å²) >= 11 is 0. The molecular formula is C46H42N8O6. The van der Waals surface area contributed by atoms with Crippen LogP contribution in [0.25, 0.3) is 44.1 Å². The zero-order valence-electron chi connectivity index (χ0n) is 33.5. The average Bonchev–Trinajstić information content (AvgIpc) is 3.24. The van der Waals surface area contributed by atoms with Crippen molar-refractivity contribution < 1.29 is 28.7 Å². The SMILES string of the molecule is CCCOc1nc(N(C(=O)CNC(C)=O)c2nc(OCc3ccccc3)c3cc(-c4ccc(NC(C)=O)cc4)ccc3n2)nc2ccc(-c3ccc(NC(C)=O)cc3)cc12. The smallest absolute Gasteiger partial charge is 0.255 e. The lowest BCUT2D eigenvalue weighted by Gasteiger charge is -2.22. The Bertz CT molecular complexity index is 2710. The molecule has 0 fully saturated rings. The zero-order valence-corrected chi connectivity index (χ0v) is 33.5. The number of nitrogens with one attached hydrogen (secondary N) is 3. The molecule has 0 saturated carbocycles. The number of hydrogen-bond donors (Lipinski definition) is 3. The van der Waals surface area contributed by atoms with E-state index in [1.165, 1.54) is 20.8 Å². The van der Waals surface area contributed by atoms with Gasteiger partial charge >= 0.3 is 0 Å². The van der Waals surface area contributed by atoms with Gasteiger partial charge < -0.3 is 25.4 Å². The first kappa shape index (κ1) is 40.5. The molecule has 2 aromatic heterocycles. The van der Waals surface area contributed by atoms with Gasteiger partial charge in [0.1, 0.15) is 6.61 Å². The third-order valence-electron chi connectivity index (χ3n) is 9.17. The number of aromatic nitrogens is 4. The Morgan fingerprint density at radius 2 is 1.05 bits per heavy atom. The third kappa shape index (κ3) is 9.68. The molecule has 0 atom stereocenters. The van der Waals surface area contributed by atoms with E-state index in [2.05, 4.69) is 16.0 Å². The van der Waals surface area contributed by atoms with Crippen molar-refractivity contribution in [2.45, 2.75) is 40.7 Å². The van der Waals surface area contributed by atoms with Crippen LogP contribution in [-0.2, 0) is 25.8 Å². The average molecular weight is 803 g/mol. The van der Waals surface area contributed by atoms with Gasteiger partial charge in [-0.1, -0.05) is 73.7 Å². The summed E-state index contributed by atoms with van der Waals surface area (Å²) in [6.45, 7) is 6.31. The summed E-state index contributed by atoms with van der Waals surface area (Å²) in [6, 6.07) is 35.7. The van der Waals surface area contributed by atoms with E-state index in [9.17, 15) is 19.2 Å². The predicted molar refractivity (Wildman–Crippen MR) is 231 cm³/mol. The number of nitrogens with zero attached hydrogens (tertiary/aromatic N) is 5. The van der Waals surface area contributed by atoms with Crippen molar-refractivity contribution in [3.8, 4) is 34.0 Å². The number of amides is 4. The van der Waals surface area contributed by atoms with Crippen LogP contribution in [0.4, 0.5) is 23.3 Å². The molecule has 14 heteroatoms. The Morgan fingerprint density at radius 1 is 0.567 bits per heavy atom. The number of carbonyl (C=O) groups excluding carboxylic acids is 4. The van der Waals surface area contributed by atoms with Crippen molar-refractivity contribution in [2.24, 2.45) is 0 Å². The third-order valence-corrected chi connectivity index (χ3v) is 9.17. The first-order valence-electron chi connectivity index (χ1n) is 19.3. The molecule has 60 heavy (non-hydrogen) atoms. The van der Waals surface area contributed by atoms with Crippen LogP contribution in [0.3, 0.4) is 0 Å². The summed E-state index contributed by atoms with van der Waals surface area (Å²) < 4.78 is 12.6. The number of anilines is 4. The van der Waals surface area contributed by atoms with E-state index in [1.807, 2.05) is 122 Å². The van der Waals surface area contributed by atoms with E-state index in [-0.39, 0.29) is 42.1 Å². The highest BCUT2D eigenvalue weighted by atomic mass is 16.5. The zero-order chi connectivity index (χ0) is 42.2. The highest BCUT2D eigenvalue weighted by molar-refractivity contribution is 6.02. The van der Waals surface area contributed by atoms with Crippen molar-refractivity contribution >= 4 is 68.7 Å². The minimum atomic E-state index is -0.605. The van der Waals surface area contributed by atoms with Crippen LogP contribution >= 0.6 is 0 Å². The molecule has 0 bridgehead atoms. The maximum absolute atomic E-state index is 14.2. The van der Waals surface area contributed by atoms with Crippen LogP contribution < -0.4 is 30.3 Å². The second-order valence-electron chi connectivity index (χ2n) is 13.9. The fraction of sp³-hybridized carbons (Fsp3) is 0.174. The summed E-state index contributed by atoms with van der Waals surface area (Å²) in [5, 5.41) is 9.33. The Morgan fingerprint density at radius 3 is 1.52 bits per heavy atom. The number of fused-ring (bicyclic) bond motifs is 2. The van der Waals surface area contributed by atoms with Gasteiger partial charge in [0.25, 0.3) is 5.91 Å². The molecule has 7 rings (SSSR count). The van der Waals surface area contributed by atoms with Crippen LogP contribution in [0, 0.1) is 0 Å². The Balaban J connectivity index is 1.35. The first-order valence-corrected chi connectivity index (χ1v) is 19.3. The van der Waals surface area contributed by atoms with Crippen molar-refractivity contribution in [1.29, 1.82) is 0 Å². The van der Waals surface area contributed by atoms with Gasteiger partial charge in [-0.15, -0.1) is 0 Å². The van der Waals surface area contributed by atoms with Gasteiger partial charge in [0.05, 0.1) is 35.0 Å². The van der Waals surface area contributed by atoms with E-state index in [4.69, 9.17) is 29.4 Å². The lowest BCUT2D eigenvalue weighted by Crippen LogP contribution is -2.38. The lowest BCUT2D eigenvalue weighted by molar-refractivity contribution is -0.123. The number of rotatable bonds is 14. The molecule has 0 aliphatic carbocycles. The van der Waals surface area contributed by atoms with Crippen molar-refractivity contribution in [2.75, 3.05) is 28.7 Å². The monoisotopic (exact) mass is 802 g/mol. The van der Waals surface area contributed by atoms with Crippen molar-refractivity contribution in [3.63, 3.8) is 0 Å². The molecule has 0 saturated heterocycles. The van der Waals surface area contributed by atoms with E-state index in [0.717, 1.165) is 32.7 Å². The molecule has 302 valence electrons. The van der Waals surface area contributed by atoms with E-state index >= 15 is 0 Å². The lowest BCUT2D eigenvalue weighted by atomic mass is 10.0. The summed E-state index contributed by atoms with van der Waals surface area (Å²) in [7, 11) is 0. The number of benzene rings is 5. The van der Waals surface area contributed by atoms with E-state index < -0.39 is 18.4 Å². The molecule has 3 N–H and O–H groups in total. The van der Waals surface area contributed by atoms with Gasteiger partial charge in [-0.3, -0.25) is 19.2 Å². The van der Waals surface area contributed by atoms with Crippen LogP contribution in [0.2, 0.25) is 0 Å². The standard InChI is InChI=1S/C46H42N8O6/c1-5-23-59-43-38-24-34(32-11-17-36(18-12-32)48-29(3)56)15-21-40(38)50-45(52-43)54(42(58)26-47-28(2)55)46-51-41-22-16-35(33-13-19-37(20-14-33)49-30(4)57)25-39(41)44(53-46)60-27-31-9-7-6-8-10-31/h6-22,24-25H,5,23,26-27H2,1-4H3,(H,47,55)(H,48,56)(H,49,57). The van der Waals surface area contributed by atoms with Gasteiger partial charge in [0.2, 0.25) is 41.4 Å². The molecule has 2 heterocycles. The van der Waals surface area contributed by atoms with Gasteiger partial charge in [-0.25, -0.2) is 14.9 Å². The highest BCUT2D eigenvalue weighted by Crippen LogP contribution is 2.35. The van der Waals surface area contributed by atoms with Gasteiger partial charge in [0, 0.05) is 32.1 Å². The normalized spacial score (nSPS) is 10.9. The van der Waals surface area contributed by atoms with E-state index in [0.29, 0.717) is 46.2 Å². The van der Waals surface area contributed by atoms with Crippen LogP contribution in [0.15, 0.2) is 115 Å². The molecule has 14 nitrogen and oxygen atoms in total. The largest absolute Gasteiger partial charge is 0.477 e. The fourth-order valence-electron chi connectivity index (χ4n) is 6.37. The number of carbonyl (C=O) groups is 4. The molecule has 7 aromatic rings. The van der Waals surface area contributed by atoms with Crippen molar-refractivity contribution in [1.82, 2.24) is 25.3 Å². The molecule has 0 spiro atoms. The summed E-state index contributed by atoms with van der Waals surface area (Å²) in [4.78, 5) is 69.9. The molecule has 0 aliphatic heterocycles. The first-order chi connectivity index (χ1) is 29.0. The summed E-state index contributed by atoms with van der Waals surface area (Å²) in [6.07, 6.45) is 0.688. The maximum atomic E-state index is 14.2. The van der Waals surface area contributed by atoms with Gasteiger partial charge in [0.15, 0.2) is 0 Å². The van der Waals surface area contributed by atoms with Crippen molar-refractivity contribution in [3.05, 3.63) is 121 Å². The maximum Gasteiger partial charge on any atom is 0.255 e. The highest BCUT2D eigenvalue weighted by Gasteiger charge is 2.28. The Hall–Kier alpha value is -7.74. The molecular weight excluding hydrogens is 761 g/mol. The number of hydrogen-bond acceptors (Lipinski definition) is 10. The summed E-state index contributed by atoms with van der Waals surface area (Å²) in [5.41, 5.74) is 6.67. The Labute approximate surface area is 346 Å². The minimum Gasteiger partial charge on any atom is -0.477 e. The van der Waals surface area contributed by atoms with Crippen LogP contribution in [-0.4, -0.2) is 56.7 Å². The Kier molecular flexibility index (Phi) is 12.3. The fourth-order valence-corrected chi connectivity index (χ4v) is 6.37. The quantitative estimate of drug-likeness (QED) is 0.0977. The molecule has 0 unspecified atom stereocenters. The van der Waals surface area contributed by atoms with Gasteiger partial charge in [-0.2, -0.15) is 9.97 Å². The molecule has 5 aromatic carbocycles. The predicted octanol–water partition coefficient (Wildman–Crippen LogP) is 7.99. The molecule has 0 radical (unpaired) electrons. The van der Waals surface area contributed by atoms with Crippen LogP contribution in [0.5, 0.6) is 11.8 Å². The molecule has 4 amide bonds. The number of ether oxygens (including phenoxy) is 2. The van der Waals surface area contributed by atoms with E-state index in [1.54, 1.807) is 0 Å². The summed E-state index contributed by atoms with van der Waals surface area (Å²) in [5.74, 6) is -1.05.